The highest BCUT2D eigenvalue weighted by Crippen LogP contribution is 2.21. The fourth-order valence-electron chi connectivity index (χ4n) is 3.67. The molecule has 29 heavy (non-hydrogen) atoms. The van der Waals surface area contributed by atoms with Gasteiger partial charge in [-0.25, -0.2) is 4.39 Å². The van der Waals surface area contributed by atoms with Crippen LogP contribution in [0.15, 0.2) is 78.9 Å². The summed E-state index contributed by atoms with van der Waals surface area (Å²) >= 11 is 0. The zero-order valence-corrected chi connectivity index (χ0v) is 16.5. The largest absolute Gasteiger partial charge is 0.321 e. The van der Waals surface area contributed by atoms with Crippen LogP contribution in [0.4, 0.5) is 4.39 Å². The molecule has 0 fully saturated rings. The molecule has 0 saturated carbocycles. The van der Waals surface area contributed by atoms with Gasteiger partial charge >= 0.3 is 0 Å². The van der Waals surface area contributed by atoms with E-state index in [4.69, 9.17) is 0 Å². The molecular formula is C23H23FN5+. The van der Waals surface area contributed by atoms with Crippen molar-refractivity contribution in [2.75, 3.05) is 7.05 Å². The molecule has 2 atom stereocenters. The summed E-state index contributed by atoms with van der Waals surface area (Å²) in [5.41, 5.74) is 4.24. The van der Waals surface area contributed by atoms with Gasteiger partial charge in [-0.3, -0.25) is 0 Å². The van der Waals surface area contributed by atoms with Gasteiger partial charge in [-0.05, 0) is 41.1 Å². The number of para-hydroxylation sites is 1. The summed E-state index contributed by atoms with van der Waals surface area (Å²) in [7, 11) is 2.11. The van der Waals surface area contributed by atoms with E-state index in [0.29, 0.717) is 6.54 Å². The Hall–Kier alpha value is -3.38. The lowest BCUT2D eigenvalue weighted by Gasteiger charge is -2.25. The molecule has 0 saturated heterocycles. The standard InChI is InChI=1S/C23H22FN5/c1-17-8-6-7-11-21(17)29-23(25-26-27-29)22(19-9-4-3-5-10-19)28(2)16-18-12-14-20(24)15-13-18/h3-15,22H,16H2,1-2H3/p+1/t22-/m1/s1. The van der Waals surface area contributed by atoms with Gasteiger partial charge in [-0.1, -0.05) is 60.7 Å². The first-order chi connectivity index (χ1) is 14.1. The maximum Gasteiger partial charge on any atom is 0.218 e. The molecule has 0 amide bonds. The molecule has 0 aliphatic heterocycles. The van der Waals surface area contributed by atoms with Crippen molar-refractivity contribution < 1.29 is 9.29 Å². The Morgan fingerprint density at radius 1 is 0.931 bits per heavy atom. The van der Waals surface area contributed by atoms with Gasteiger partial charge in [0.05, 0.1) is 12.7 Å². The molecule has 1 unspecified atom stereocenters. The molecule has 1 aromatic heterocycles. The fraction of sp³-hybridized carbons (Fsp3) is 0.174. The predicted octanol–water partition coefficient (Wildman–Crippen LogP) is 2.91. The first-order valence-corrected chi connectivity index (χ1v) is 9.59. The van der Waals surface area contributed by atoms with Gasteiger partial charge < -0.3 is 4.90 Å². The Kier molecular flexibility index (Phi) is 5.44. The van der Waals surface area contributed by atoms with Gasteiger partial charge in [0, 0.05) is 11.1 Å². The van der Waals surface area contributed by atoms with Crippen molar-refractivity contribution in [2.24, 2.45) is 0 Å². The number of hydrogen-bond acceptors (Lipinski definition) is 3. The van der Waals surface area contributed by atoms with E-state index in [-0.39, 0.29) is 11.9 Å². The van der Waals surface area contributed by atoms with Crippen LogP contribution >= 0.6 is 0 Å². The van der Waals surface area contributed by atoms with E-state index in [0.717, 1.165) is 28.2 Å². The first kappa shape index (κ1) is 19.0. The number of aromatic nitrogens is 4. The van der Waals surface area contributed by atoms with Crippen molar-refractivity contribution in [1.82, 2.24) is 20.2 Å². The SMILES string of the molecule is Cc1ccccc1-n1nnnc1[C@@H](c1ccccc1)[NH+](C)Cc1ccc(F)cc1. The summed E-state index contributed by atoms with van der Waals surface area (Å²) in [4.78, 5) is 1.19. The van der Waals surface area contributed by atoms with Crippen molar-refractivity contribution in [3.63, 3.8) is 0 Å². The van der Waals surface area contributed by atoms with Crippen molar-refractivity contribution in [3.8, 4) is 5.69 Å². The van der Waals surface area contributed by atoms with Crippen molar-refractivity contribution >= 4 is 0 Å². The van der Waals surface area contributed by atoms with Gasteiger partial charge in [0.15, 0.2) is 6.04 Å². The second-order valence-corrected chi connectivity index (χ2v) is 7.23. The van der Waals surface area contributed by atoms with Crippen LogP contribution in [0.2, 0.25) is 0 Å². The summed E-state index contributed by atoms with van der Waals surface area (Å²) in [6, 6.07) is 24.8. The van der Waals surface area contributed by atoms with Crippen molar-refractivity contribution in [3.05, 3.63) is 107 Å². The van der Waals surface area contributed by atoms with Crippen LogP contribution in [0.25, 0.3) is 5.69 Å². The zero-order chi connectivity index (χ0) is 20.2. The maximum absolute atomic E-state index is 13.3. The Morgan fingerprint density at radius 2 is 1.62 bits per heavy atom. The van der Waals surface area contributed by atoms with E-state index in [1.807, 2.05) is 66.2 Å². The molecule has 5 nitrogen and oxygen atoms in total. The number of rotatable bonds is 6. The minimum Gasteiger partial charge on any atom is -0.321 e. The lowest BCUT2D eigenvalue weighted by Crippen LogP contribution is -3.08. The number of nitrogens with one attached hydrogen (secondary N) is 1. The molecule has 0 aliphatic carbocycles. The third kappa shape index (κ3) is 4.07. The van der Waals surface area contributed by atoms with Crippen LogP contribution in [0, 0.1) is 12.7 Å². The molecule has 146 valence electrons. The Morgan fingerprint density at radius 3 is 2.34 bits per heavy atom. The Labute approximate surface area is 169 Å². The van der Waals surface area contributed by atoms with Gasteiger partial charge in [0.2, 0.25) is 5.82 Å². The highest BCUT2D eigenvalue weighted by Gasteiger charge is 2.30. The van der Waals surface area contributed by atoms with Crippen molar-refractivity contribution in [2.45, 2.75) is 19.5 Å². The summed E-state index contributed by atoms with van der Waals surface area (Å²) < 4.78 is 15.1. The highest BCUT2D eigenvalue weighted by molar-refractivity contribution is 5.40. The quantitative estimate of drug-likeness (QED) is 0.553. The molecule has 1 N–H and O–H groups in total. The number of hydrogen-bond donors (Lipinski definition) is 1. The monoisotopic (exact) mass is 388 g/mol. The molecule has 4 aromatic rings. The molecule has 1 heterocycles. The van der Waals surface area contributed by atoms with E-state index < -0.39 is 0 Å². The molecular weight excluding hydrogens is 365 g/mol. The van der Waals surface area contributed by atoms with Crippen LogP contribution in [0.1, 0.15) is 28.6 Å². The minimum atomic E-state index is -0.227. The second-order valence-electron chi connectivity index (χ2n) is 7.23. The summed E-state index contributed by atoms with van der Waals surface area (Å²) in [5.74, 6) is 0.541. The van der Waals surface area contributed by atoms with Crippen LogP contribution in [0.3, 0.4) is 0 Å². The second kappa shape index (κ2) is 8.32. The number of quaternary nitrogens is 1. The number of benzene rings is 3. The summed E-state index contributed by atoms with van der Waals surface area (Å²) in [6.07, 6.45) is 0. The normalized spacial score (nSPS) is 13.2. The molecule has 6 heteroatoms. The molecule has 3 aromatic carbocycles. The Bertz CT molecular complexity index is 1080. The lowest BCUT2D eigenvalue weighted by molar-refractivity contribution is -0.920. The Balaban J connectivity index is 1.76. The number of tetrazole rings is 1. The molecule has 0 bridgehead atoms. The number of aryl methyl sites for hydroxylation is 1. The summed E-state index contributed by atoms with van der Waals surface area (Å²) in [5, 5.41) is 12.7. The third-order valence-corrected chi connectivity index (χ3v) is 5.12. The number of halogens is 1. The van der Waals surface area contributed by atoms with E-state index in [9.17, 15) is 4.39 Å². The van der Waals surface area contributed by atoms with E-state index in [1.165, 1.54) is 17.0 Å². The van der Waals surface area contributed by atoms with Crippen LogP contribution in [0.5, 0.6) is 0 Å². The van der Waals surface area contributed by atoms with Gasteiger partial charge in [0.1, 0.15) is 12.4 Å². The third-order valence-electron chi connectivity index (χ3n) is 5.12. The van der Waals surface area contributed by atoms with E-state index >= 15 is 0 Å². The molecule has 0 radical (unpaired) electrons. The van der Waals surface area contributed by atoms with E-state index in [1.54, 1.807) is 0 Å². The lowest BCUT2D eigenvalue weighted by atomic mass is 10.0. The fourth-order valence-corrected chi connectivity index (χ4v) is 3.67. The van der Waals surface area contributed by atoms with Crippen LogP contribution in [-0.4, -0.2) is 27.3 Å². The predicted molar refractivity (Wildman–Crippen MR) is 109 cm³/mol. The van der Waals surface area contributed by atoms with E-state index in [2.05, 4.69) is 34.7 Å². The highest BCUT2D eigenvalue weighted by atomic mass is 19.1. The smallest absolute Gasteiger partial charge is 0.218 e. The number of nitrogens with zero attached hydrogens (tertiary/aromatic N) is 4. The summed E-state index contributed by atoms with van der Waals surface area (Å²) in [6.45, 7) is 2.76. The minimum absolute atomic E-state index is 0.0872. The first-order valence-electron chi connectivity index (χ1n) is 9.59. The zero-order valence-electron chi connectivity index (χ0n) is 16.5. The van der Waals surface area contributed by atoms with Gasteiger partial charge in [-0.15, -0.1) is 5.10 Å². The molecule has 0 spiro atoms. The topological polar surface area (TPSA) is 48.0 Å². The van der Waals surface area contributed by atoms with Crippen LogP contribution < -0.4 is 4.90 Å². The van der Waals surface area contributed by atoms with Crippen molar-refractivity contribution in [1.29, 1.82) is 0 Å². The average molecular weight is 388 g/mol. The van der Waals surface area contributed by atoms with Gasteiger partial charge in [-0.2, -0.15) is 4.68 Å². The van der Waals surface area contributed by atoms with Gasteiger partial charge in [0.25, 0.3) is 0 Å². The average Bonchev–Trinajstić information content (AvgIpc) is 3.20. The van der Waals surface area contributed by atoms with Crippen LogP contribution in [-0.2, 0) is 6.54 Å². The maximum atomic E-state index is 13.3. The molecule has 0 aliphatic rings. The molecule has 4 rings (SSSR count).